The third-order valence-electron chi connectivity index (χ3n) is 6.37. The van der Waals surface area contributed by atoms with Crippen LogP contribution in [0.25, 0.3) is 0 Å². The smallest absolute Gasteiger partial charge is 0.264 e. The lowest BCUT2D eigenvalue weighted by atomic mass is 10.1. The molecule has 0 bridgehead atoms. The Kier molecular flexibility index (Phi) is 10.3. The number of rotatable bonds is 11. The van der Waals surface area contributed by atoms with Crippen molar-refractivity contribution in [2.75, 3.05) is 10.8 Å². The third kappa shape index (κ3) is 7.57. The molecular weight excluding hydrogens is 613 g/mol. The summed E-state index contributed by atoms with van der Waals surface area (Å²) in [7, 11) is -4.06. The van der Waals surface area contributed by atoms with Crippen LogP contribution < -0.4 is 9.62 Å². The number of carbonyl (C=O) groups excluding carboxylic acids is 2. The lowest BCUT2D eigenvalue weighted by Crippen LogP contribution is -2.52. The Hall–Kier alpha value is -2.92. The first-order chi connectivity index (χ1) is 18.0. The summed E-state index contributed by atoms with van der Waals surface area (Å²) < 4.78 is 29.5. The lowest BCUT2D eigenvalue weighted by Gasteiger charge is -2.32. The van der Waals surface area contributed by atoms with E-state index >= 15 is 0 Å². The first-order valence-corrected chi connectivity index (χ1v) is 15.0. The Morgan fingerprint density at radius 1 is 0.921 bits per heavy atom. The molecule has 0 radical (unpaired) electrons. The first kappa shape index (κ1) is 29.6. The quantitative estimate of drug-likeness (QED) is 0.293. The van der Waals surface area contributed by atoms with Crippen molar-refractivity contribution in [1.82, 2.24) is 10.2 Å². The maximum Gasteiger partial charge on any atom is 0.264 e. The monoisotopic (exact) mass is 647 g/mol. The minimum absolute atomic E-state index is 0.0528. The van der Waals surface area contributed by atoms with Gasteiger partial charge >= 0.3 is 0 Å². The number of nitrogens with one attached hydrogen (secondary N) is 1. The second-order valence-corrected chi connectivity index (χ2v) is 12.4. The molecule has 2 atom stereocenters. The number of aryl methyl sites for hydroxylation is 1. The van der Waals surface area contributed by atoms with Crippen LogP contribution in [0.3, 0.4) is 0 Å². The Balaban J connectivity index is 2.00. The first-order valence-electron chi connectivity index (χ1n) is 12.5. The molecule has 0 spiro atoms. The van der Waals surface area contributed by atoms with Crippen molar-refractivity contribution in [3.05, 3.63) is 93.6 Å². The molecule has 0 aromatic heterocycles. The molecule has 3 rings (SSSR count). The number of amides is 2. The Morgan fingerprint density at radius 3 is 2.11 bits per heavy atom. The summed E-state index contributed by atoms with van der Waals surface area (Å²) in [6, 6.07) is 21.8. The van der Waals surface area contributed by atoms with E-state index in [-0.39, 0.29) is 23.4 Å². The molecule has 0 aliphatic heterocycles. The number of benzene rings is 3. The zero-order valence-electron chi connectivity index (χ0n) is 22.1. The van der Waals surface area contributed by atoms with Crippen molar-refractivity contribution in [3.8, 4) is 0 Å². The van der Waals surface area contributed by atoms with Gasteiger partial charge in [0.2, 0.25) is 11.8 Å². The van der Waals surface area contributed by atoms with Crippen LogP contribution in [0.4, 0.5) is 5.69 Å². The van der Waals surface area contributed by atoms with Gasteiger partial charge in [-0.3, -0.25) is 13.9 Å². The highest BCUT2D eigenvalue weighted by Gasteiger charge is 2.32. The van der Waals surface area contributed by atoms with Crippen LogP contribution in [-0.2, 0) is 26.2 Å². The molecule has 2 amide bonds. The topological polar surface area (TPSA) is 86.8 Å². The minimum atomic E-state index is -4.06. The van der Waals surface area contributed by atoms with Crippen LogP contribution >= 0.6 is 22.6 Å². The average molecular weight is 648 g/mol. The van der Waals surface area contributed by atoms with Gasteiger partial charge in [-0.2, -0.15) is 0 Å². The maximum absolute atomic E-state index is 13.9. The lowest BCUT2D eigenvalue weighted by molar-refractivity contribution is -0.139. The number of carbonyl (C=O) groups is 2. The van der Waals surface area contributed by atoms with E-state index in [0.717, 1.165) is 25.4 Å². The van der Waals surface area contributed by atoms with Gasteiger partial charge in [0.05, 0.1) is 10.6 Å². The van der Waals surface area contributed by atoms with Crippen LogP contribution in [0.1, 0.15) is 38.3 Å². The van der Waals surface area contributed by atoms with Crippen LogP contribution in [0, 0.1) is 10.5 Å². The second kappa shape index (κ2) is 13.2. The van der Waals surface area contributed by atoms with Gasteiger partial charge in [0, 0.05) is 16.2 Å². The van der Waals surface area contributed by atoms with E-state index in [1.54, 1.807) is 49.4 Å². The molecule has 3 aromatic carbocycles. The molecule has 1 N–H and O–H groups in total. The largest absolute Gasteiger partial charge is 0.352 e. The highest BCUT2D eigenvalue weighted by atomic mass is 127. The molecule has 0 aliphatic carbocycles. The highest BCUT2D eigenvalue weighted by molar-refractivity contribution is 14.1. The molecule has 9 heteroatoms. The van der Waals surface area contributed by atoms with Crippen LogP contribution in [-0.4, -0.2) is 43.8 Å². The Bertz CT molecular complexity index is 1330. The van der Waals surface area contributed by atoms with Gasteiger partial charge in [0.15, 0.2) is 0 Å². The fraction of sp³-hybridized carbons (Fsp3) is 0.310. The van der Waals surface area contributed by atoms with Crippen molar-refractivity contribution in [1.29, 1.82) is 0 Å². The van der Waals surface area contributed by atoms with Gasteiger partial charge in [-0.05, 0) is 91.7 Å². The predicted octanol–water partition coefficient (Wildman–Crippen LogP) is 5.13. The molecule has 0 heterocycles. The van der Waals surface area contributed by atoms with Gasteiger partial charge in [0.25, 0.3) is 10.0 Å². The van der Waals surface area contributed by atoms with Crippen LogP contribution in [0.5, 0.6) is 0 Å². The second-order valence-electron chi connectivity index (χ2n) is 9.30. The molecule has 0 aliphatic rings. The van der Waals surface area contributed by atoms with E-state index in [1.807, 2.05) is 45.0 Å². The summed E-state index contributed by atoms with van der Waals surface area (Å²) in [6.45, 7) is 7.23. The fourth-order valence-electron chi connectivity index (χ4n) is 3.79. The highest BCUT2D eigenvalue weighted by Crippen LogP contribution is 2.25. The molecule has 38 heavy (non-hydrogen) atoms. The van der Waals surface area contributed by atoms with E-state index in [1.165, 1.54) is 17.0 Å². The van der Waals surface area contributed by atoms with E-state index in [0.29, 0.717) is 5.69 Å². The molecule has 0 unspecified atom stereocenters. The number of halogens is 1. The van der Waals surface area contributed by atoms with Gasteiger partial charge in [0.1, 0.15) is 12.6 Å². The minimum Gasteiger partial charge on any atom is -0.352 e. The van der Waals surface area contributed by atoms with Crippen molar-refractivity contribution in [2.24, 2.45) is 0 Å². The molecule has 0 fully saturated rings. The summed E-state index contributed by atoms with van der Waals surface area (Å²) in [4.78, 5) is 28.5. The number of nitrogens with zero attached hydrogens (tertiary/aromatic N) is 2. The molecule has 202 valence electrons. The van der Waals surface area contributed by atoms with Crippen molar-refractivity contribution < 1.29 is 18.0 Å². The molecule has 0 saturated heterocycles. The van der Waals surface area contributed by atoms with Gasteiger partial charge in [-0.15, -0.1) is 0 Å². The fourth-order valence-corrected chi connectivity index (χ4v) is 5.59. The zero-order chi connectivity index (χ0) is 27.9. The number of anilines is 1. The van der Waals surface area contributed by atoms with E-state index in [4.69, 9.17) is 0 Å². The number of hydrogen-bond donors (Lipinski definition) is 1. The van der Waals surface area contributed by atoms with E-state index in [2.05, 4.69) is 27.9 Å². The summed E-state index contributed by atoms with van der Waals surface area (Å²) in [5.41, 5.74) is 2.29. The number of sulfonamides is 1. The summed E-state index contributed by atoms with van der Waals surface area (Å²) in [5, 5.41) is 2.94. The van der Waals surface area contributed by atoms with Gasteiger partial charge in [-0.25, -0.2) is 8.42 Å². The predicted molar refractivity (Wildman–Crippen MR) is 159 cm³/mol. The Morgan fingerprint density at radius 2 is 1.53 bits per heavy atom. The van der Waals surface area contributed by atoms with Crippen LogP contribution in [0.2, 0.25) is 0 Å². The van der Waals surface area contributed by atoms with E-state index < -0.39 is 28.5 Å². The SMILES string of the molecule is CC[C@@H](C)NC(=O)[C@H](C)N(Cc1ccc(C)cc1)C(=O)CN(c1ccc(I)cc1)S(=O)(=O)c1ccccc1. The molecular formula is C29H34IN3O4S. The summed E-state index contributed by atoms with van der Waals surface area (Å²) in [5.74, 6) is -0.762. The maximum atomic E-state index is 13.9. The van der Waals surface area contributed by atoms with Crippen molar-refractivity contribution >= 4 is 50.1 Å². The van der Waals surface area contributed by atoms with E-state index in [9.17, 15) is 18.0 Å². The average Bonchev–Trinajstić information content (AvgIpc) is 2.91. The van der Waals surface area contributed by atoms with Crippen molar-refractivity contribution in [3.63, 3.8) is 0 Å². The number of hydrogen-bond acceptors (Lipinski definition) is 4. The summed E-state index contributed by atoms with van der Waals surface area (Å²) in [6.07, 6.45) is 0.750. The molecule has 3 aromatic rings. The normalized spacial score (nSPS) is 12.9. The summed E-state index contributed by atoms with van der Waals surface area (Å²) >= 11 is 2.14. The molecule has 7 nitrogen and oxygen atoms in total. The Labute approximate surface area is 239 Å². The van der Waals surface area contributed by atoms with Crippen LogP contribution in [0.15, 0.2) is 83.8 Å². The third-order valence-corrected chi connectivity index (χ3v) is 8.87. The van der Waals surface area contributed by atoms with Crippen molar-refractivity contribution in [2.45, 2.75) is 57.6 Å². The van der Waals surface area contributed by atoms with Gasteiger partial charge in [-0.1, -0.05) is 55.0 Å². The standard InChI is InChI=1S/C29H34IN3O4S/c1-5-22(3)31-29(35)23(4)32(19-24-13-11-21(2)12-14-24)28(34)20-33(26-17-15-25(30)16-18-26)38(36,37)27-9-7-6-8-10-27/h6-18,22-23H,5,19-20H2,1-4H3,(H,31,35)/t22-,23+/m1/s1. The van der Waals surface area contributed by atoms with Gasteiger partial charge < -0.3 is 10.2 Å². The molecule has 0 saturated carbocycles. The zero-order valence-corrected chi connectivity index (χ0v) is 25.1.